The summed E-state index contributed by atoms with van der Waals surface area (Å²) in [7, 11) is 0. The zero-order valence-corrected chi connectivity index (χ0v) is 15.2. The van der Waals surface area contributed by atoms with E-state index < -0.39 is 11.7 Å². The third-order valence-corrected chi connectivity index (χ3v) is 4.09. The lowest BCUT2D eigenvalue weighted by Gasteiger charge is -2.09. The number of rotatable bonds is 6. The van der Waals surface area contributed by atoms with Crippen molar-refractivity contribution in [2.24, 2.45) is 0 Å². The SMILES string of the molecule is O=C(CCCn1nc(-c2cccnc2)ccc1=O)Nc1ccc(C(F)(F)F)cc1. The summed E-state index contributed by atoms with van der Waals surface area (Å²) in [4.78, 5) is 28.0. The number of amides is 1. The molecular formula is C20H17F3N4O2. The summed E-state index contributed by atoms with van der Waals surface area (Å²) >= 11 is 0. The van der Waals surface area contributed by atoms with E-state index in [1.165, 1.54) is 22.9 Å². The normalized spacial score (nSPS) is 11.3. The molecule has 3 rings (SSSR count). The fourth-order valence-corrected chi connectivity index (χ4v) is 2.63. The second kappa shape index (κ2) is 8.68. The van der Waals surface area contributed by atoms with E-state index >= 15 is 0 Å². The van der Waals surface area contributed by atoms with Gasteiger partial charge in [0.05, 0.1) is 11.3 Å². The molecule has 0 aliphatic carbocycles. The molecular weight excluding hydrogens is 385 g/mol. The van der Waals surface area contributed by atoms with Crippen molar-refractivity contribution in [2.45, 2.75) is 25.6 Å². The van der Waals surface area contributed by atoms with Crippen LogP contribution < -0.4 is 10.9 Å². The maximum atomic E-state index is 12.6. The number of aryl methyl sites for hydroxylation is 1. The maximum absolute atomic E-state index is 12.6. The van der Waals surface area contributed by atoms with E-state index in [4.69, 9.17) is 0 Å². The van der Waals surface area contributed by atoms with Crippen LogP contribution in [0, 0.1) is 0 Å². The Bertz CT molecular complexity index is 1030. The Morgan fingerprint density at radius 2 is 1.83 bits per heavy atom. The van der Waals surface area contributed by atoms with E-state index in [9.17, 15) is 22.8 Å². The van der Waals surface area contributed by atoms with Crippen LogP contribution >= 0.6 is 0 Å². The van der Waals surface area contributed by atoms with Gasteiger partial charge >= 0.3 is 6.18 Å². The molecule has 3 aromatic rings. The van der Waals surface area contributed by atoms with Crippen molar-refractivity contribution in [1.29, 1.82) is 0 Å². The molecule has 0 aliphatic heterocycles. The first-order valence-electron chi connectivity index (χ1n) is 8.78. The smallest absolute Gasteiger partial charge is 0.326 e. The van der Waals surface area contributed by atoms with Crippen LogP contribution in [-0.4, -0.2) is 20.7 Å². The van der Waals surface area contributed by atoms with Crippen molar-refractivity contribution in [3.8, 4) is 11.3 Å². The monoisotopic (exact) mass is 402 g/mol. The summed E-state index contributed by atoms with van der Waals surface area (Å²) in [6.45, 7) is 0.230. The van der Waals surface area contributed by atoms with Gasteiger partial charge in [0.25, 0.3) is 5.56 Å². The number of nitrogens with zero attached hydrogens (tertiary/aromatic N) is 3. The van der Waals surface area contributed by atoms with Crippen molar-refractivity contribution in [2.75, 3.05) is 5.32 Å². The van der Waals surface area contributed by atoms with Gasteiger partial charge in [-0.25, -0.2) is 4.68 Å². The molecule has 0 saturated heterocycles. The molecule has 0 unspecified atom stereocenters. The number of anilines is 1. The van der Waals surface area contributed by atoms with Crippen LogP contribution in [0.15, 0.2) is 65.7 Å². The van der Waals surface area contributed by atoms with Gasteiger partial charge in [-0.15, -0.1) is 0 Å². The van der Waals surface area contributed by atoms with Gasteiger partial charge in [-0.05, 0) is 48.9 Å². The largest absolute Gasteiger partial charge is 0.416 e. The van der Waals surface area contributed by atoms with Gasteiger partial charge in [0.1, 0.15) is 0 Å². The van der Waals surface area contributed by atoms with Crippen LogP contribution in [-0.2, 0) is 17.5 Å². The highest BCUT2D eigenvalue weighted by atomic mass is 19.4. The molecule has 0 bridgehead atoms. The number of hydrogen-bond donors (Lipinski definition) is 1. The second-order valence-electron chi connectivity index (χ2n) is 6.25. The first-order valence-corrected chi connectivity index (χ1v) is 8.78. The Morgan fingerprint density at radius 1 is 1.07 bits per heavy atom. The molecule has 0 spiro atoms. The highest BCUT2D eigenvalue weighted by molar-refractivity contribution is 5.90. The van der Waals surface area contributed by atoms with Crippen LogP contribution in [0.1, 0.15) is 18.4 Å². The third kappa shape index (κ3) is 5.50. The summed E-state index contributed by atoms with van der Waals surface area (Å²) in [5.41, 5.74) is 0.556. The van der Waals surface area contributed by atoms with Crippen LogP contribution in [0.4, 0.5) is 18.9 Å². The average molecular weight is 402 g/mol. The Morgan fingerprint density at radius 3 is 2.48 bits per heavy atom. The van der Waals surface area contributed by atoms with E-state index in [1.807, 2.05) is 6.07 Å². The van der Waals surface area contributed by atoms with Crippen LogP contribution in [0.3, 0.4) is 0 Å². The number of carbonyl (C=O) groups excluding carboxylic acids is 1. The highest BCUT2D eigenvalue weighted by Gasteiger charge is 2.29. The standard InChI is InChI=1S/C20H17F3N4O2/c21-20(22,23)15-5-7-16(8-6-15)25-18(28)4-2-12-27-19(29)10-9-17(26-27)14-3-1-11-24-13-14/h1,3,5-11,13H,2,4,12H2,(H,25,28). The topological polar surface area (TPSA) is 76.9 Å². The Kier molecular flexibility index (Phi) is 6.06. The van der Waals surface area contributed by atoms with E-state index in [1.54, 1.807) is 24.5 Å². The van der Waals surface area contributed by atoms with E-state index in [2.05, 4.69) is 15.4 Å². The van der Waals surface area contributed by atoms with E-state index in [0.717, 1.165) is 17.7 Å². The fourth-order valence-electron chi connectivity index (χ4n) is 2.63. The van der Waals surface area contributed by atoms with Crippen LogP contribution in [0.2, 0.25) is 0 Å². The first kappa shape index (κ1) is 20.2. The summed E-state index contributed by atoms with van der Waals surface area (Å²) < 4.78 is 38.9. The Balaban J connectivity index is 1.56. The molecule has 6 nitrogen and oxygen atoms in total. The lowest BCUT2D eigenvalue weighted by molar-refractivity contribution is -0.137. The predicted octanol–water partition coefficient (Wildman–Crippen LogP) is 3.74. The van der Waals surface area contributed by atoms with Crippen LogP contribution in [0.5, 0.6) is 0 Å². The fraction of sp³-hybridized carbons (Fsp3) is 0.200. The molecule has 0 radical (unpaired) electrons. The minimum absolute atomic E-state index is 0.0895. The number of carbonyl (C=O) groups is 1. The molecule has 29 heavy (non-hydrogen) atoms. The average Bonchev–Trinajstić information content (AvgIpc) is 2.70. The number of pyridine rings is 1. The van der Waals surface area contributed by atoms with Gasteiger partial charge in [-0.1, -0.05) is 0 Å². The van der Waals surface area contributed by atoms with Crippen molar-refractivity contribution in [1.82, 2.24) is 14.8 Å². The summed E-state index contributed by atoms with van der Waals surface area (Å²) in [6, 6.07) is 10.8. The molecule has 0 atom stereocenters. The number of aromatic nitrogens is 3. The Labute approximate surface area is 164 Å². The molecule has 2 heterocycles. The van der Waals surface area contributed by atoms with Gasteiger partial charge in [0.15, 0.2) is 0 Å². The number of alkyl halides is 3. The highest BCUT2D eigenvalue weighted by Crippen LogP contribution is 2.29. The summed E-state index contributed by atoms with van der Waals surface area (Å²) in [6.07, 6.45) is -0.723. The molecule has 0 saturated carbocycles. The molecule has 150 valence electrons. The lowest BCUT2D eigenvalue weighted by Crippen LogP contribution is -2.23. The zero-order valence-electron chi connectivity index (χ0n) is 15.2. The number of nitrogens with one attached hydrogen (secondary N) is 1. The van der Waals surface area contributed by atoms with Crippen molar-refractivity contribution >= 4 is 11.6 Å². The summed E-state index contributed by atoms with van der Waals surface area (Å²) in [5.74, 6) is -0.360. The first-order chi connectivity index (χ1) is 13.8. The molecule has 2 aromatic heterocycles. The van der Waals surface area contributed by atoms with E-state index in [-0.39, 0.29) is 30.1 Å². The van der Waals surface area contributed by atoms with Gasteiger partial charge in [-0.3, -0.25) is 14.6 Å². The predicted molar refractivity (Wildman–Crippen MR) is 101 cm³/mol. The minimum Gasteiger partial charge on any atom is -0.326 e. The zero-order chi connectivity index (χ0) is 20.9. The van der Waals surface area contributed by atoms with Gasteiger partial charge in [-0.2, -0.15) is 18.3 Å². The minimum atomic E-state index is -4.42. The molecule has 1 aromatic carbocycles. The lowest BCUT2D eigenvalue weighted by atomic mass is 10.2. The number of halogens is 3. The van der Waals surface area contributed by atoms with Crippen molar-refractivity contribution in [3.05, 3.63) is 76.8 Å². The molecule has 0 fully saturated rings. The van der Waals surface area contributed by atoms with Crippen molar-refractivity contribution in [3.63, 3.8) is 0 Å². The van der Waals surface area contributed by atoms with E-state index in [0.29, 0.717) is 12.1 Å². The van der Waals surface area contributed by atoms with Crippen LogP contribution in [0.25, 0.3) is 11.3 Å². The van der Waals surface area contributed by atoms with Gasteiger partial charge in [0.2, 0.25) is 5.91 Å². The number of benzene rings is 1. The van der Waals surface area contributed by atoms with Gasteiger partial charge < -0.3 is 5.32 Å². The quantitative estimate of drug-likeness (QED) is 0.681. The third-order valence-electron chi connectivity index (χ3n) is 4.09. The molecule has 9 heteroatoms. The molecule has 1 N–H and O–H groups in total. The maximum Gasteiger partial charge on any atom is 0.416 e. The summed E-state index contributed by atoms with van der Waals surface area (Å²) in [5, 5.41) is 6.82. The second-order valence-corrected chi connectivity index (χ2v) is 6.25. The molecule has 1 amide bonds. The number of hydrogen-bond acceptors (Lipinski definition) is 4. The van der Waals surface area contributed by atoms with Crippen molar-refractivity contribution < 1.29 is 18.0 Å². The molecule has 0 aliphatic rings. The Hall–Kier alpha value is -3.49. The van der Waals surface area contributed by atoms with Gasteiger partial charge in [0, 0.05) is 42.7 Å².